The first-order valence-electron chi connectivity index (χ1n) is 33.0. The topological polar surface area (TPSA) is 110 Å². The van der Waals surface area contributed by atoms with E-state index >= 15 is 0 Å². The second-order valence-electron chi connectivity index (χ2n) is 22.8. The fourth-order valence-corrected chi connectivity index (χ4v) is 10.3. The van der Waals surface area contributed by atoms with Gasteiger partial charge in [-0.15, -0.1) is 0 Å². The molecule has 436 valence electrons. The van der Waals surface area contributed by atoms with Crippen molar-refractivity contribution in [2.75, 3.05) is 6.61 Å². The highest BCUT2D eigenvalue weighted by atomic mass is 16.3. The van der Waals surface area contributed by atoms with E-state index in [-0.39, 0.29) is 0 Å². The highest BCUT2D eigenvalue weighted by molar-refractivity contribution is 5.80. The van der Waals surface area contributed by atoms with Crippen molar-refractivity contribution in [3.63, 3.8) is 0 Å². The summed E-state index contributed by atoms with van der Waals surface area (Å²) in [6.45, 7) is 4.08. The van der Waals surface area contributed by atoms with Gasteiger partial charge in [-0.25, -0.2) is 0 Å². The molecule has 4 atom stereocenters. The van der Waals surface area contributed by atoms with Crippen molar-refractivity contribution < 1.29 is 25.2 Å². The van der Waals surface area contributed by atoms with Gasteiger partial charge in [-0.05, 0) is 83.5 Å². The minimum Gasteiger partial charge on any atom is -0.394 e. The molecule has 5 N–H and O–H groups in total. The van der Waals surface area contributed by atoms with E-state index in [0.29, 0.717) is 19.3 Å². The van der Waals surface area contributed by atoms with Crippen LogP contribution in [0.25, 0.3) is 0 Å². The van der Waals surface area contributed by atoms with Gasteiger partial charge in [0.1, 0.15) is 12.2 Å². The molecule has 0 fully saturated rings. The molecule has 6 nitrogen and oxygen atoms in total. The van der Waals surface area contributed by atoms with Gasteiger partial charge in [0, 0.05) is 0 Å². The normalized spacial score (nSPS) is 13.9. The Labute approximate surface area is 461 Å². The summed E-state index contributed by atoms with van der Waals surface area (Å²) in [4.78, 5) is 12.6. The van der Waals surface area contributed by atoms with Crippen molar-refractivity contribution in [2.24, 2.45) is 0 Å². The molecule has 4 unspecified atom stereocenters. The first-order valence-corrected chi connectivity index (χ1v) is 33.0. The Bertz CT molecular complexity index is 1210. The molecule has 0 aliphatic rings. The average Bonchev–Trinajstić information content (AvgIpc) is 3.41. The second-order valence-corrected chi connectivity index (χ2v) is 22.8. The maximum atomic E-state index is 12.6. The molecule has 0 radical (unpaired) electrons. The van der Waals surface area contributed by atoms with Crippen molar-refractivity contribution in [1.29, 1.82) is 0 Å². The maximum absolute atomic E-state index is 12.6. The van der Waals surface area contributed by atoms with Crippen LogP contribution in [0.1, 0.15) is 348 Å². The van der Waals surface area contributed by atoms with E-state index in [4.69, 9.17) is 0 Å². The molecule has 1 amide bonds. The van der Waals surface area contributed by atoms with Crippen molar-refractivity contribution in [1.82, 2.24) is 5.32 Å². The number of hydrogen-bond acceptors (Lipinski definition) is 5. The number of carbonyl (C=O) groups excluding carboxylic acids is 1. The van der Waals surface area contributed by atoms with Gasteiger partial charge in [0.15, 0.2) is 0 Å². The molecule has 0 aromatic rings. The molecule has 0 saturated heterocycles. The van der Waals surface area contributed by atoms with Crippen molar-refractivity contribution in [3.05, 3.63) is 48.6 Å². The van der Waals surface area contributed by atoms with Crippen LogP contribution in [0.2, 0.25) is 0 Å². The first kappa shape index (κ1) is 72.3. The van der Waals surface area contributed by atoms with E-state index in [1.54, 1.807) is 0 Å². The average molecular weight is 1040 g/mol. The lowest BCUT2D eigenvalue weighted by Gasteiger charge is -2.27. The maximum Gasteiger partial charge on any atom is 0.249 e. The third-order valence-electron chi connectivity index (χ3n) is 15.5. The van der Waals surface area contributed by atoms with Crippen molar-refractivity contribution in [2.45, 2.75) is 372 Å². The molecular weight excluding hydrogens is 911 g/mol. The summed E-state index contributed by atoms with van der Waals surface area (Å²) in [6, 6.07) is -1.01. The van der Waals surface area contributed by atoms with Gasteiger partial charge in [0.2, 0.25) is 5.91 Å². The van der Waals surface area contributed by atoms with Crippen LogP contribution < -0.4 is 5.32 Å². The minimum absolute atomic E-state index is 0.358. The molecule has 0 bridgehead atoms. The monoisotopic (exact) mass is 1040 g/mol. The van der Waals surface area contributed by atoms with Crippen LogP contribution in [0.5, 0.6) is 0 Å². The van der Waals surface area contributed by atoms with Gasteiger partial charge >= 0.3 is 0 Å². The number of allylic oxidation sites excluding steroid dienone is 8. The molecule has 0 aromatic carbocycles. The van der Waals surface area contributed by atoms with Crippen LogP contribution in [0.15, 0.2) is 48.6 Å². The van der Waals surface area contributed by atoms with Gasteiger partial charge in [0.25, 0.3) is 0 Å². The molecule has 74 heavy (non-hydrogen) atoms. The fourth-order valence-electron chi connectivity index (χ4n) is 10.3. The summed E-state index contributed by atoms with van der Waals surface area (Å²) in [5, 5.41) is 44.1. The van der Waals surface area contributed by atoms with Crippen LogP contribution in [0, 0.1) is 0 Å². The van der Waals surface area contributed by atoms with E-state index in [1.165, 1.54) is 270 Å². The van der Waals surface area contributed by atoms with E-state index in [1.807, 2.05) is 0 Å². The van der Waals surface area contributed by atoms with Crippen LogP contribution in [0.3, 0.4) is 0 Å². The van der Waals surface area contributed by atoms with Crippen LogP contribution in [0.4, 0.5) is 0 Å². The summed E-state index contributed by atoms with van der Waals surface area (Å²) >= 11 is 0. The van der Waals surface area contributed by atoms with Crippen molar-refractivity contribution in [3.8, 4) is 0 Å². The van der Waals surface area contributed by atoms with E-state index < -0.39 is 36.9 Å². The number of aliphatic hydroxyl groups excluding tert-OH is 4. The number of nitrogens with one attached hydrogen (secondary N) is 1. The smallest absolute Gasteiger partial charge is 0.249 e. The molecule has 0 aliphatic carbocycles. The standard InChI is InChI=1S/C68H129NO5/c1-3-5-7-9-11-13-15-17-19-21-23-25-27-29-31-33-34-36-37-39-41-43-45-47-49-51-53-55-57-59-61-65(71)67(73)64(63-70)69-68(74)66(72)62-60-58-56-54-52-50-48-46-44-42-40-38-35-32-30-28-26-24-22-20-18-16-14-12-10-8-6-4-2/h24,26,30,32,45,47,53,55,64-67,70-73H,3-23,25,27-29,31,33-44,46,48-52,54,56-63H2,1-2H3,(H,69,74)/b26-24-,32-30-,47-45+,55-53+. The molecule has 0 aliphatic heterocycles. The predicted molar refractivity (Wildman–Crippen MR) is 325 cm³/mol. The number of unbranched alkanes of at least 4 members (excludes halogenated alkanes) is 44. The molecule has 6 heteroatoms. The van der Waals surface area contributed by atoms with E-state index in [0.717, 1.165) is 44.9 Å². The van der Waals surface area contributed by atoms with E-state index in [2.05, 4.69) is 67.8 Å². The first-order chi connectivity index (χ1) is 36.5. The third-order valence-corrected chi connectivity index (χ3v) is 15.5. The molecule has 0 aromatic heterocycles. The number of aliphatic hydroxyl groups is 4. The molecule has 0 heterocycles. The lowest BCUT2D eigenvalue weighted by atomic mass is 10.00. The van der Waals surface area contributed by atoms with Crippen LogP contribution >= 0.6 is 0 Å². The summed E-state index contributed by atoms with van der Waals surface area (Å²) < 4.78 is 0. The summed E-state index contributed by atoms with van der Waals surface area (Å²) in [5.74, 6) is -0.595. The number of amides is 1. The SMILES string of the molecule is CCCCCCCCCCC/C=C\C/C=C\CCCCCCCCCCCCCCC(O)C(=O)NC(CO)C(O)C(O)CCC/C=C/CC/C=C/CCCCCCCCCCCCCCCCCCCCCCC. The van der Waals surface area contributed by atoms with Gasteiger partial charge in [-0.2, -0.15) is 0 Å². The fraction of sp³-hybridized carbons (Fsp3) is 0.868. The third kappa shape index (κ3) is 55.0. The quantitative estimate of drug-likeness (QED) is 0.0308. The Morgan fingerprint density at radius 1 is 0.338 bits per heavy atom. The van der Waals surface area contributed by atoms with Crippen molar-refractivity contribution >= 4 is 5.91 Å². The van der Waals surface area contributed by atoms with Gasteiger partial charge in [-0.3, -0.25) is 4.79 Å². The minimum atomic E-state index is -1.29. The zero-order chi connectivity index (χ0) is 53.7. The zero-order valence-corrected chi connectivity index (χ0v) is 49.6. The zero-order valence-electron chi connectivity index (χ0n) is 49.6. The Hall–Kier alpha value is -1.73. The van der Waals surface area contributed by atoms with Crippen LogP contribution in [-0.2, 0) is 4.79 Å². The Kier molecular flexibility index (Phi) is 60.7. The molecule has 0 rings (SSSR count). The molecule has 0 saturated carbocycles. The highest BCUT2D eigenvalue weighted by Crippen LogP contribution is 2.18. The van der Waals surface area contributed by atoms with Gasteiger partial charge in [-0.1, -0.05) is 313 Å². The van der Waals surface area contributed by atoms with Gasteiger partial charge in [0.05, 0.1) is 18.8 Å². The lowest BCUT2D eigenvalue weighted by molar-refractivity contribution is -0.132. The molecular formula is C68H129NO5. The van der Waals surface area contributed by atoms with E-state index in [9.17, 15) is 25.2 Å². The summed E-state index contributed by atoms with van der Waals surface area (Å²) in [6.07, 6.45) is 80.8. The lowest BCUT2D eigenvalue weighted by Crippen LogP contribution is -2.53. The summed E-state index contributed by atoms with van der Waals surface area (Å²) in [7, 11) is 0. The number of rotatable bonds is 61. The van der Waals surface area contributed by atoms with Crippen LogP contribution in [-0.4, -0.2) is 57.3 Å². The highest BCUT2D eigenvalue weighted by Gasteiger charge is 2.28. The number of carbonyl (C=O) groups is 1. The predicted octanol–water partition coefficient (Wildman–Crippen LogP) is 20.1. The largest absolute Gasteiger partial charge is 0.394 e. The van der Waals surface area contributed by atoms with Gasteiger partial charge < -0.3 is 25.7 Å². The Morgan fingerprint density at radius 3 is 0.932 bits per heavy atom. The molecule has 0 spiro atoms. The second kappa shape index (κ2) is 62.1. The summed E-state index contributed by atoms with van der Waals surface area (Å²) in [5.41, 5.74) is 0. The number of hydrogen-bond donors (Lipinski definition) is 5. The Balaban J connectivity index is 3.64. The Morgan fingerprint density at radius 2 is 0.608 bits per heavy atom.